The van der Waals surface area contributed by atoms with Gasteiger partial charge in [0.15, 0.2) is 0 Å². The van der Waals surface area contributed by atoms with Gasteiger partial charge in [-0.1, -0.05) is 6.92 Å². The van der Waals surface area contributed by atoms with E-state index in [0.29, 0.717) is 18.3 Å². The minimum atomic E-state index is -0.187. The molecule has 1 saturated heterocycles. The van der Waals surface area contributed by atoms with E-state index in [1.165, 1.54) is 12.8 Å². The van der Waals surface area contributed by atoms with Gasteiger partial charge in [0.25, 0.3) is 0 Å². The fourth-order valence-electron chi connectivity index (χ4n) is 3.08. The van der Waals surface area contributed by atoms with Gasteiger partial charge in [-0.15, -0.1) is 12.4 Å². The average molecular weight is 321 g/mol. The maximum Gasteiger partial charge on any atom is 0.220 e. The van der Waals surface area contributed by atoms with Crippen LogP contribution in [0.15, 0.2) is 0 Å². The highest BCUT2D eigenvalue weighted by atomic mass is 35.5. The van der Waals surface area contributed by atoms with Gasteiger partial charge < -0.3 is 15.4 Å². The normalized spacial score (nSPS) is 19.5. The lowest BCUT2D eigenvalue weighted by Gasteiger charge is -2.29. The molecule has 21 heavy (non-hydrogen) atoms. The van der Waals surface area contributed by atoms with Crippen LogP contribution >= 0.6 is 12.4 Å². The van der Waals surface area contributed by atoms with Crippen molar-refractivity contribution in [3.05, 3.63) is 0 Å². The van der Waals surface area contributed by atoms with Crippen molar-refractivity contribution < 1.29 is 9.53 Å². The van der Waals surface area contributed by atoms with Crippen LogP contribution in [0.25, 0.3) is 0 Å². The summed E-state index contributed by atoms with van der Waals surface area (Å²) >= 11 is 0. The lowest BCUT2D eigenvalue weighted by atomic mass is 9.84. The number of halogens is 1. The number of nitrogens with one attached hydrogen (secondary N) is 2. The number of piperidine rings is 1. The minimum absolute atomic E-state index is 0. The first-order valence-corrected chi connectivity index (χ1v) is 7.89. The molecule has 1 aliphatic rings. The van der Waals surface area contributed by atoms with E-state index in [1.807, 2.05) is 20.8 Å². The molecule has 0 radical (unpaired) electrons. The Balaban J connectivity index is 0.00000400. The zero-order chi connectivity index (χ0) is 15.2. The van der Waals surface area contributed by atoms with E-state index < -0.39 is 0 Å². The molecule has 0 aromatic heterocycles. The lowest BCUT2D eigenvalue weighted by Crippen LogP contribution is -2.40. The lowest BCUT2D eigenvalue weighted by molar-refractivity contribution is -0.123. The van der Waals surface area contributed by atoms with Gasteiger partial charge in [0.2, 0.25) is 5.91 Å². The molecule has 0 aliphatic carbocycles. The summed E-state index contributed by atoms with van der Waals surface area (Å²) in [7, 11) is 1.72. The Hall–Kier alpha value is -0.320. The number of hydrogen-bond acceptors (Lipinski definition) is 3. The molecule has 0 bridgehead atoms. The van der Waals surface area contributed by atoms with E-state index in [4.69, 9.17) is 4.74 Å². The Morgan fingerprint density at radius 3 is 2.43 bits per heavy atom. The number of ether oxygens (including phenoxy) is 1. The van der Waals surface area contributed by atoms with E-state index >= 15 is 0 Å². The van der Waals surface area contributed by atoms with Crippen molar-refractivity contribution in [2.75, 3.05) is 20.2 Å². The first-order chi connectivity index (χ1) is 9.34. The number of amides is 1. The van der Waals surface area contributed by atoms with Gasteiger partial charge in [-0.05, 0) is 65.0 Å². The summed E-state index contributed by atoms with van der Waals surface area (Å²) < 4.78 is 5.41. The maximum absolute atomic E-state index is 12.1. The second-order valence-corrected chi connectivity index (χ2v) is 6.91. The third kappa shape index (κ3) is 8.03. The molecule has 0 aromatic rings. The number of hydrogen-bond donors (Lipinski definition) is 2. The fraction of sp³-hybridized carbons (Fsp3) is 0.938. The van der Waals surface area contributed by atoms with Gasteiger partial charge in [-0.2, -0.15) is 0 Å². The van der Waals surface area contributed by atoms with Crippen molar-refractivity contribution in [3.8, 4) is 0 Å². The number of carbonyl (C=O) groups is 1. The molecule has 0 saturated carbocycles. The quantitative estimate of drug-likeness (QED) is 0.758. The Morgan fingerprint density at radius 2 is 1.90 bits per heavy atom. The summed E-state index contributed by atoms with van der Waals surface area (Å²) in [5.41, 5.74) is -0.187. The van der Waals surface area contributed by atoms with Gasteiger partial charge in [-0.3, -0.25) is 4.79 Å². The number of rotatable bonds is 7. The van der Waals surface area contributed by atoms with Crippen molar-refractivity contribution in [3.63, 3.8) is 0 Å². The van der Waals surface area contributed by atoms with Crippen LogP contribution in [0.1, 0.15) is 53.4 Å². The van der Waals surface area contributed by atoms with Gasteiger partial charge in [0.05, 0.1) is 5.60 Å². The largest absolute Gasteiger partial charge is 0.379 e. The summed E-state index contributed by atoms with van der Waals surface area (Å²) in [6, 6.07) is 0.151. The Bertz CT molecular complexity index is 305. The van der Waals surface area contributed by atoms with Crippen molar-refractivity contribution in [2.24, 2.45) is 11.8 Å². The second-order valence-electron chi connectivity index (χ2n) is 6.91. The van der Waals surface area contributed by atoms with Crippen LogP contribution in [-0.4, -0.2) is 37.7 Å². The third-order valence-corrected chi connectivity index (χ3v) is 4.45. The van der Waals surface area contributed by atoms with Crippen LogP contribution in [-0.2, 0) is 9.53 Å². The summed E-state index contributed by atoms with van der Waals surface area (Å²) in [5.74, 6) is 1.34. The molecular weight excluding hydrogens is 288 g/mol. The monoisotopic (exact) mass is 320 g/mol. The molecule has 0 aromatic carbocycles. The first-order valence-electron chi connectivity index (χ1n) is 7.89. The van der Waals surface area contributed by atoms with Crippen molar-refractivity contribution >= 4 is 18.3 Å². The molecule has 1 aliphatic heterocycles. The smallest absolute Gasteiger partial charge is 0.220 e. The van der Waals surface area contributed by atoms with Crippen LogP contribution in [0.2, 0.25) is 0 Å². The molecule has 4 nitrogen and oxygen atoms in total. The predicted octanol–water partition coefficient (Wildman–Crippen LogP) is 2.75. The van der Waals surface area contributed by atoms with Gasteiger partial charge in [-0.25, -0.2) is 0 Å². The summed E-state index contributed by atoms with van der Waals surface area (Å²) in [6.45, 7) is 10.5. The highest BCUT2D eigenvalue weighted by Gasteiger charge is 2.24. The Morgan fingerprint density at radius 1 is 1.33 bits per heavy atom. The van der Waals surface area contributed by atoms with E-state index in [1.54, 1.807) is 7.11 Å². The van der Waals surface area contributed by atoms with E-state index in [0.717, 1.165) is 19.5 Å². The standard InChI is InChI=1S/C16H32N2O2.ClH/c1-12(14-6-8-17-9-7-14)10-15(19)18-13(2)11-16(3,4)20-5;/h12-14,17H,6-11H2,1-5H3,(H,18,19);1H. The molecule has 2 unspecified atom stereocenters. The Labute approximate surface area is 136 Å². The number of carbonyl (C=O) groups excluding carboxylic acids is 1. The SMILES string of the molecule is COC(C)(C)CC(C)NC(=O)CC(C)C1CCNCC1.Cl. The highest BCUT2D eigenvalue weighted by molar-refractivity contribution is 5.85. The van der Waals surface area contributed by atoms with Gasteiger partial charge in [0.1, 0.15) is 0 Å². The molecule has 1 heterocycles. The predicted molar refractivity (Wildman–Crippen MR) is 89.9 cm³/mol. The molecule has 126 valence electrons. The topological polar surface area (TPSA) is 50.4 Å². The summed E-state index contributed by atoms with van der Waals surface area (Å²) in [4.78, 5) is 12.1. The van der Waals surface area contributed by atoms with Gasteiger partial charge >= 0.3 is 0 Å². The van der Waals surface area contributed by atoms with Crippen LogP contribution in [0.5, 0.6) is 0 Å². The molecule has 1 fully saturated rings. The molecule has 2 N–H and O–H groups in total. The van der Waals surface area contributed by atoms with Crippen molar-refractivity contribution in [1.29, 1.82) is 0 Å². The summed E-state index contributed by atoms with van der Waals surface area (Å²) in [5, 5.41) is 6.48. The van der Waals surface area contributed by atoms with Crippen molar-refractivity contribution in [2.45, 2.75) is 65.0 Å². The second kappa shape index (κ2) is 9.65. The molecule has 0 spiro atoms. The van der Waals surface area contributed by atoms with Crippen molar-refractivity contribution in [1.82, 2.24) is 10.6 Å². The highest BCUT2D eigenvalue weighted by Crippen LogP contribution is 2.24. The molecule has 1 amide bonds. The fourth-order valence-corrected chi connectivity index (χ4v) is 3.08. The average Bonchev–Trinajstić information content (AvgIpc) is 2.38. The molecular formula is C16H33ClN2O2. The van der Waals surface area contributed by atoms with E-state index in [2.05, 4.69) is 17.6 Å². The third-order valence-electron chi connectivity index (χ3n) is 4.45. The minimum Gasteiger partial charge on any atom is -0.379 e. The van der Waals surface area contributed by atoms with Gasteiger partial charge in [0, 0.05) is 19.6 Å². The zero-order valence-electron chi connectivity index (χ0n) is 14.2. The van der Waals surface area contributed by atoms with E-state index in [-0.39, 0.29) is 30.0 Å². The van der Waals surface area contributed by atoms with Crippen LogP contribution in [0.3, 0.4) is 0 Å². The Kier molecular flexibility index (Phi) is 9.50. The van der Waals surface area contributed by atoms with E-state index in [9.17, 15) is 4.79 Å². The zero-order valence-corrected chi connectivity index (χ0v) is 15.0. The first kappa shape index (κ1) is 20.7. The van der Waals surface area contributed by atoms with Crippen LogP contribution < -0.4 is 10.6 Å². The van der Waals surface area contributed by atoms with Crippen LogP contribution in [0, 0.1) is 11.8 Å². The number of methoxy groups -OCH3 is 1. The van der Waals surface area contributed by atoms with Crippen LogP contribution in [0.4, 0.5) is 0 Å². The maximum atomic E-state index is 12.1. The summed E-state index contributed by atoms with van der Waals surface area (Å²) in [6.07, 6.45) is 3.86. The molecule has 1 rings (SSSR count). The molecule has 5 heteroatoms. The molecule has 2 atom stereocenters.